The van der Waals surface area contributed by atoms with Gasteiger partial charge in [0.05, 0.1) is 18.4 Å². The van der Waals surface area contributed by atoms with Crippen LogP contribution in [0.1, 0.15) is 22.9 Å². The summed E-state index contributed by atoms with van der Waals surface area (Å²) in [4.78, 5) is 22.1. The summed E-state index contributed by atoms with van der Waals surface area (Å²) in [7, 11) is 1.35. The molecule has 1 aromatic carbocycles. The monoisotopic (exact) mass is 362 g/mol. The number of methoxy groups -OCH3 is 1. The summed E-state index contributed by atoms with van der Waals surface area (Å²) in [5, 5.41) is 0. The number of benzene rings is 1. The van der Waals surface area contributed by atoms with Crippen LogP contribution in [0.15, 0.2) is 22.7 Å². The Balaban J connectivity index is 3.02. The molecule has 0 aliphatic heterocycles. The number of halogens is 2. The number of alkyl halides is 1. The molecule has 0 aromatic heterocycles. The summed E-state index contributed by atoms with van der Waals surface area (Å²) in [5.74, 6) is -0.284. The van der Waals surface area contributed by atoms with E-state index in [0.717, 1.165) is 15.6 Å². The van der Waals surface area contributed by atoms with E-state index in [1.807, 2.05) is 18.2 Å². The molecule has 17 heavy (non-hydrogen) atoms. The highest BCUT2D eigenvalue weighted by Gasteiger charge is 2.16. The highest BCUT2D eigenvalue weighted by atomic mass is 79.9. The molecule has 0 aliphatic carbocycles. The molecule has 0 fully saturated rings. The van der Waals surface area contributed by atoms with Gasteiger partial charge in [0.2, 0.25) is 0 Å². The van der Waals surface area contributed by atoms with Gasteiger partial charge in [0.25, 0.3) is 0 Å². The van der Waals surface area contributed by atoms with Gasteiger partial charge in [0.15, 0.2) is 0 Å². The first-order chi connectivity index (χ1) is 7.95. The third-order valence-corrected chi connectivity index (χ3v) is 4.13. The van der Waals surface area contributed by atoms with Crippen molar-refractivity contribution >= 4 is 43.6 Å². The lowest BCUT2D eigenvalue weighted by atomic mass is 10.0. The minimum absolute atomic E-state index is 0.0147. The number of ketones is 1. The number of hydrogen-bond acceptors (Lipinski definition) is 3. The highest BCUT2D eigenvalue weighted by molar-refractivity contribution is 9.11. The van der Waals surface area contributed by atoms with E-state index >= 15 is 0 Å². The van der Waals surface area contributed by atoms with Crippen LogP contribution in [0, 0.1) is 0 Å². The molecule has 0 heterocycles. The van der Waals surface area contributed by atoms with E-state index in [1.54, 1.807) is 0 Å². The maximum atomic E-state index is 11.3. The lowest BCUT2D eigenvalue weighted by molar-refractivity contribution is -0.139. The van der Waals surface area contributed by atoms with Crippen molar-refractivity contribution < 1.29 is 14.3 Å². The predicted molar refractivity (Wildman–Crippen MR) is 72.2 cm³/mol. The van der Waals surface area contributed by atoms with E-state index < -0.39 is 0 Å². The first-order valence-corrected chi connectivity index (χ1v) is 6.66. The molecule has 92 valence electrons. The molecule has 3 nitrogen and oxygen atoms in total. The summed E-state index contributed by atoms with van der Waals surface area (Å²) in [6.07, 6.45) is 0.203. The fourth-order valence-electron chi connectivity index (χ4n) is 1.36. The average molecular weight is 364 g/mol. The van der Waals surface area contributed by atoms with Gasteiger partial charge in [-0.2, -0.15) is 0 Å². The van der Waals surface area contributed by atoms with E-state index in [-0.39, 0.29) is 23.0 Å². The van der Waals surface area contributed by atoms with Crippen LogP contribution >= 0.6 is 31.9 Å². The average Bonchev–Trinajstić information content (AvgIpc) is 2.30. The van der Waals surface area contributed by atoms with Crippen LogP contribution in [0.5, 0.6) is 0 Å². The molecule has 0 spiro atoms. The number of rotatable bonds is 4. The van der Waals surface area contributed by atoms with Crippen LogP contribution in [-0.4, -0.2) is 18.9 Å². The minimum Gasteiger partial charge on any atom is -0.469 e. The fourth-order valence-corrected chi connectivity index (χ4v) is 2.52. The molecule has 0 aliphatic rings. The zero-order valence-corrected chi connectivity index (χ0v) is 12.7. The Kier molecular flexibility index (Phi) is 5.33. The van der Waals surface area contributed by atoms with Gasteiger partial charge in [0.1, 0.15) is 5.78 Å². The standard InChI is InChI=1S/C12H12Br2O3/c1-7(15)12(14)9-5-8(3-4-10(9)13)6-11(16)17-2/h3-5,12H,6H2,1-2H3. The van der Waals surface area contributed by atoms with Gasteiger partial charge in [-0.05, 0) is 24.1 Å². The first kappa shape index (κ1) is 14.4. The number of Topliss-reactive ketones (excluding diaryl/α,β-unsaturated/α-hetero) is 1. The number of carbonyl (C=O) groups excluding carboxylic acids is 2. The Bertz CT molecular complexity index is 443. The molecule has 1 unspecified atom stereocenters. The summed E-state index contributed by atoms with van der Waals surface area (Å²) in [6, 6.07) is 5.47. The zero-order chi connectivity index (χ0) is 13.0. The molecule has 1 aromatic rings. The third-order valence-electron chi connectivity index (χ3n) is 2.27. The van der Waals surface area contributed by atoms with Crippen LogP contribution < -0.4 is 0 Å². The Hall–Kier alpha value is -0.680. The van der Waals surface area contributed by atoms with Gasteiger partial charge in [-0.15, -0.1) is 0 Å². The molecule has 0 bridgehead atoms. The van der Waals surface area contributed by atoms with Gasteiger partial charge >= 0.3 is 5.97 Å². The molecule has 0 saturated carbocycles. The maximum absolute atomic E-state index is 11.3. The van der Waals surface area contributed by atoms with Crippen LogP contribution in [0.3, 0.4) is 0 Å². The summed E-state index contributed by atoms with van der Waals surface area (Å²) in [6.45, 7) is 1.51. The van der Waals surface area contributed by atoms with Crippen molar-refractivity contribution in [3.63, 3.8) is 0 Å². The summed E-state index contributed by atoms with van der Waals surface area (Å²) < 4.78 is 5.44. The fraction of sp³-hybridized carbons (Fsp3) is 0.333. The van der Waals surface area contributed by atoms with E-state index in [1.165, 1.54) is 14.0 Å². The van der Waals surface area contributed by atoms with Crippen LogP contribution in [0.4, 0.5) is 0 Å². The third kappa shape index (κ3) is 3.92. The molecular weight excluding hydrogens is 352 g/mol. The van der Waals surface area contributed by atoms with Crippen LogP contribution in [0.2, 0.25) is 0 Å². The number of hydrogen-bond donors (Lipinski definition) is 0. The normalized spacial score (nSPS) is 12.0. The van der Waals surface area contributed by atoms with Gasteiger partial charge in [-0.3, -0.25) is 9.59 Å². The molecular formula is C12H12Br2O3. The van der Waals surface area contributed by atoms with Crippen molar-refractivity contribution in [3.8, 4) is 0 Å². The molecule has 0 amide bonds. The number of esters is 1. The van der Waals surface area contributed by atoms with E-state index in [0.29, 0.717) is 0 Å². The second-order valence-corrected chi connectivity index (χ2v) is 5.35. The largest absolute Gasteiger partial charge is 0.469 e. The topological polar surface area (TPSA) is 43.4 Å². The van der Waals surface area contributed by atoms with Crippen LogP contribution in [0.25, 0.3) is 0 Å². The molecule has 0 radical (unpaired) electrons. The molecule has 1 atom stereocenters. The Morgan fingerprint density at radius 1 is 1.41 bits per heavy atom. The van der Waals surface area contributed by atoms with Gasteiger partial charge in [-0.25, -0.2) is 0 Å². The van der Waals surface area contributed by atoms with Crippen LogP contribution in [-0.2, 0) is 20.7 Å². The SMILES string of the molecule is COC(=O)Cc1ccc(Br)c(C(Br)C(C)=O)c1. The molecule has 0 N–H and O–H groups in total. The van der Waals surface area contributed by atoms with E-state index in [2.05, 4.69) is 36.6 Å². The van der Waals surface area contributed by atoms with Crippen molar-refractivity contribution in [1.82, 2.24) is 0 Å². The Morgan fingerprint density at radius 3 is 2.59 bits per heavy atom. The number of ether oxygens (including phenoxy) is 1. The first-order valence-electron chi connectivity index (χ1n) is 4.95. The predicted octanol–water partition coefficient (Wildman–Crippen LogP) is 3.19. The number of carbonyl (C=O) groups is 2. The summed E-state index contributed by atoms with van der Waals surface area (Å²) in [5.41, 5.74) is 1.64. The van der Waals surface area contributed by atoms with Crippen molar-refractivity contribution in [2.45, 2.75) is 18.2 Å². The van der Waals surface area contributed by atoms with Crippen molar-refractivity contribution in [2.24, 2.45) is 0 Å². The maximum Gasteiger partial charge on any atom is 0.309 e. The summed E-state index contributed by atoms with van der Waals surface area (Å²) >= 11 is 6.71. The lowest BCUT2D eigenvalue weighted by Gasteiger charge is -2.11. The Labute approximate surface area is 117 Å². The lowest BCUT2D eigenvalue weighted by Crippen LogP contribution is -2.07. The van der Waals surface area contributed by atoms with E-state index in [4.69, 9.17) is 0 Å². The van der Waals surface area contributed by atoms with Crippen molar-refractivity contribution in [1.29, 1.82) is 0 Å². The zero-order valence-electron chi connectivity index (χ0n) is 9.50. The van der Waals surface area contributed by atoms with Gasteiger partial charge in [-0.1, -0.05) is 44.0 Å². The highest BCUT2D eigenvalue weighted by Crippen LogP contribution is 2.31. The second kappa shape index (κ2) is 6.31. The minimum atomic E-state index is -0.366. The molecule has 0 saturated heterocycles. The molecule has 1 rings (SSSR count). The van der Waals surface area contributed by atoms with Crippen molar-refractivity contribution in [2.75, 3.05) is 7.11 Å². The smallest absolute Gasteiger partial charge is 0.309 e. The van der Waals surface area contributed by atoms with Gasteiger partial charge in [0, 0.05) is 4.47 Å². The van der Waals surface area contributed by atoms with Gasteiger partial charge < -0.3 is 4.74 Å². The van der Waals surface area contributed by atoms with Crippen molar-refractivity contribution in [3.05, 3.63) is 33.8 Å². The quantitative estimate of drug-likeness (QED) is 0.609. The molecule has 5 heteroatoms. The Morgan fingerprint density at radius 2 is 2.06 bits per heavy atom. The van der Waals surface area contributed by atoms with E-state index in [9.17, 15) is 9.59 Å². The second-order valence-electron chi connectivity index (χ2n) is 3.58.